The van der Waals surface area contributed by atoms with Gasteiger partial charge in [0.1, 0.15) is 5.75 Å². The van der Waals surface area contributed by atoms with Crippen molar-refractivity contribution in [1.82, 2.24) is 4.98 Å². The first-order valence-corrected chi connectivity index (χ1v) is 15.6. The van der Waals surface area contributed by atoms with Gasteiger partial charge in [0.25, 0.3) is 0 Å². The molecule has 0 bridgehead atoms. The smallest absolute Gasteiger partial charge is 0.185 e. The molecule has 212 valence electrons. The third kappa shape index (κ3) is 11.1. The number of aryl methyl sites for hydroxylation is 1. The SMILES string of the molecule is CCCCCCCCCC[C@H]1CO[C@H](c2ccc(-c3ccc(OCCCCCCCC)c(C)c3)nc2)OC1. The van der Waals surface area contributed by atoms with Crippen LogP contribution in [0.2, 0.25) is 0 Å². The molecule has 1 aliphatic rings. The highest BCUT2D eigenvalue weighted by Gasteiger charge is 2.23. The average molecular weight is 524 g/mol. The van der Waals surface area contributed by atoms with E-state index in [0.29, 0.717) is 5.92 Å². The van der Waals surface area contributed by atoms with E-state index in [9.17, 15) is 0 Å². The topological polar surface area (TPSA) is 40.6 Å². The minimum absolute atomic E-state index is 0.300. The molecule has 0 unspecified atom stereocenters. The molecule has 1 saturated heterocycles. The molecule has 1 aromatic carbocycles. The molecule has 0 aliphatic carbocycles. The van der Waals surface area contributed by atoms with Crippen LogP contribution < -0.4 is 4.74 Å². The Morgan fingerprint density at radius 2 is 1.39 bits per heavy atom. The predicted molar refractivity (Wildman–Crippen MR) is 159 cm³/mol. The van der Waals surface area contributed by atoms with Crippen LogP contribution >= 0.6 is 0 Å². The van der Waals surface area contributed by atoms with Gasteiger partial charge < -0.3 is 14.2 Å². The van der Waals surface area contributed by atoms with Crippen molar-refractivity contribution >= 4 is 0 Å². The van der Waals surface area contributed by atoms with Crippen LogP contribution in [0.15, 0.2) is 36.5 Å². The van der Waals surface area contributed by atoms with Gasteiger partial charge in [-0.1, -0.05) is 103 Å². The van der Waals surface area contributed by atoms with Gasteiger partial charge in [-0.2, -0.15) is 0 Å². The number of pyridine rings is 1. The maximum absolute atomic E-state index is 6.07. The van der Waals surface area contributed by atoms with Crippen molar-refractivity contribution in [2.45, 2.75) is 123 Å². The fraction of sp³-hybridized carbons (Fsp3) is 0.676. The molecule has 0 atom stereocenters. The molecule has 2 heterocycles. The standard InChI is InChI=1S/C34H53NO3/c1-4-6-8-10-12-13-14-16-18-29-26-37-34(38-27-29)31-19-21-32(35-25-31)30-20-22-33(28(3)24-30)36-23-17-15-11-9-7-5-2/h19-22,24-25,29,34H,4-18,23,26-27H2,1-3H3/t29-,34-. The number of hydrogen-bond acceptors (Lipinski definition) is 4. The van der Waals surface area contributed by atoms with E-state index in [1.807, 2.05) is 6.20 Å². The van der Waals surface area contributed by atoms with E-state index in [0.717, 1.165) is 54.4 Å². The van der Waals surface area contributed by atoms with Crippen molar-refractivity contribution in [2.75, 3.05) is 19.8 Å². The third-order valence-electron chi connectivity index (χ3n) is 7.72. The van der Waals surface area contributed by atoms with Gasteiger partial charge in [-0.3, -0.25) is 4.98 Å². The molecule has 0 amide bonds. The first kappa shape index (κ1) is 30.6. The van der Waals surface area contributed by atoms with Crippen molar-refractivity contribution in [1.29, 1.82) is 0 Å². The highest BCUT2D eigenvalue weighted by Crippen LogP contribution is 2.30. The summed E-state index contributed by atoms with van der Waals surface area (Å²) in [5.41, 5.74) is 4.22. The molecular formula is C34H53NO3. The van der Waals surface area contributed by atoms with Crippen LogP contribution in [0.25, 0.3) is 11.3 Å². The Morgan fingerprint density at radius 3 is 2.00 bits per heavy atom. The quantitative estimate of drug-likeness (QED) is 0.172. The van der Waals surface area contributed by atoms with Crippen LogP contribution in [-0.4, -0.2) is 24.8 Å². The minimum Gasteiger partial charge on any atom is -0.493 e. The van der Waals surface area contributed by atoms with E-state index >= 15 is 0 Å². The number of unbranched alkanes of at least 4 members (excludes halogenated alkanes) is 12. The second-order valence-electron chi connectivity index (χ2n) is 11.2. The number of ether oxygens (including phenoxy) is 3. The molecule has 1 fully saturated rings. The van der Waals surface area contributed by atoms with Crippen LogP contribution in [0.3, 0.4) is 0 Å². The van der Waals surface area contributed by atoms with Gasteiger partial charge >= 0.3 is 0 Å². The summed E-state index contributed by atoms with van der Waals surface area (Å²) in [5.74, 6) is 1.49. The summed E-state index contributed by atoms with van der Waals surface area (Å²) in [6.45, 7) is 9.00. The molecule has 2 aromatic rings. The summed E-state index contributed by atoms with van der Waals surface area (Å²) in [6, 6.07) is 10.5. The molecule has 1 aromatic heterocycles. The van der Waals surface area contributed by atoms with E-state index in [4.69, 9.17) is 19.2 Å². The van der Waals surface area contributed by atoms with Crippen LogP contribution in [0, 0.1) is 12.8 Å². The summed E-state index contributed by atoms with van der Waals surface area (Å²) < 4.78 is 18.2. The fourth-order valence-electron chi connectivity index (χ4n) is 5.22. The van der Waals surface area contributed by atoms with Crippen LogP contribution in [-0.2, 0) is 9.47 Å². The molecule has 1 aliphatic heterocycles. The fourth-order valence-corrected chi connectivity index (χ4v) is 5.22. The molecule has 0 N–H and O–H groups in total. The van der Waals surface area contributed by atoms with Gasteiger partial charge in [-0.25, -0.2) is 0 Å². The largest absolute Gasteiger partial charge is 0.493 e. The minimum atomic E-state index is -0.300. The highest BCUT2D eigenvalue weighted by atomic mass is 16.7. The summed E-state index contributed by atoms with van der Waals surface area (Å²) in [4.78, 5) is 4.72. The van der Waals surface area contributed by atoms with Gasteiger partial charge in [0.05, 0.1) is 25.5 Å². The average Bonchev–Trinajstić information content (AvgIpc) is 2.95. The Bertz CT molecular complexity index is 874. The Hall–Kier alpha value is -1.91. The lowest BCUT2D eigenvalue weighted by atomic mass is 10.0. The Balaban J connectivity index is 1.35. The number of rotatable bonds is 19. The predicted octanol–water partition coefficient (Wildman–Crippen LogP) is 9.99. The van der Waals surface area contributed by atoms with Crippen molar-refractivity contribution < 1.29 is 14.2 Å². The molecule has 0 saturated carbocycles. The van der Waals surface area contributed by atoms with Gasteiger partial charge in [0.2, 0.25) is 0 Å². The molecule has 0 radical (unpaired) electrons. The molecule has 0 spiro atoms. The molecule has 4 nitrogen and oxygen atoms in total. The maximum Gasteiger partial charge on any atom is 0.185 e. The zero-order valence-corrected chi connectivity index (χ0v) is 24.5. The molecular weight excluding hydrogens is 470 g/mol. The van der Waals surface area contributed by atoms with E-state index in [1.54, 1.807) is 0 Å². The Kier molecular flexibility index (Phi) is 14.8. The van der Waals surface area contributed by atoms with Crippen molar-refractivity contribution in [2.24, 2.45) is 5.92 Å². The van der Waals surface area contributed by atoms with Gasteiger partial charge in [0, 0.05) is 23.2 Å². The summed E-state index contributed by atoms with van der Waals surface area (Å²) in [7, 11) is 0. The number of aromatic nitrogens is 1. The summed E-state index contributed by atoms with van der Waals surface area (Å²) in [6.07, 6.45) is 21.4. The van der Waals surface area contributed by atoms with Crippen molar-refractivity contribution in [3.05, 3.63) is 47.7 Å². The number of hydrogen-bond donors (Lipinski definition) is 0. The maximum atomic E-state index is 6.07. The lowest BCUT2D eigenvalue weighted by Gasteiger charge is -2.29. The second kappa shape index (κ2) is 18.4. The lowest BCUT2D eigenvalue weighted by molar-refractivity contribution is -0.206. The lowest BCUT2D eigenvalue weighted by Crippen LogP contribution is -2.27. The first-order chi connectivity index (χ1) is 18.7. The van der Waals surface area contributed by atoms with E-state index in [2.05, 4.69) is 51.1 Å². The van der Waals surface area contributed by atoms with Crippen LogP contribution in [0.4, 0.5) is 0 Å². The summed E-state index contributed by atoms with van der Waals surface area (Å²) in [5, 5.41) is 0. The third-order valence-corrected chi connectivity index (χ3v) is 7.72. The highest BCUT2D eigenvalue weighted by molar-refractivity contribution is 5.62. The van der Waals surface area contributed by atoms with Gasteiger partial charge in [-0.05, 0) is 49.6 Å². The summed E-state index contributed by atoms with van der Waals surface area (Å²) >= 11 is 0. The monoisotopic (exact) mass is 523 g/mol. The number of benzene rings is 1. The molecule has 3 rings (SSSR count). The second-order valence-corrected chi connectivity index (χ2v) is 11.2. The molecule has 38 heavy (non-hydrogen) atoms. The zero-order valence-electron chi connectivity index (χ0n) is 24.5. The zero-order chi connectivity index (χ0) is 26.8. The van der Waals surface area contributed by atoms with Crippen molar-refractivity contribution in [3.63, 3.8) is 0 Å². The normalized spacial score (nSPS) is 17.6. The Morgan fingerprint density at radius 1 is 0.763 bits per heavy atom. The van der Waals surface area contributed by atoms with Gasteiger partial charge in [0.15, 0.2) is 6.29 Å². The first-order valence-electron chi connectivity index (χ1n) is 15.6. The van der Waals surface area contributed by atoms with Gasteiger partial charge in [-0.15, -0.1) is 0 Å². The van der Waals surface area contributed by atoms with Crippen LogP contribution in [0.5, 0.6) is 5.75 Å². The van der Waals surface area contributed by atoms with E-state index in [-0.39, 0.29) is 6.29 Å². The molecule has 4 heteroatoms. The number of nitrogens with zero attached hydrogens (tertiary/aromatic N) is 1. The van der Waals surface area contributed by atoms with E-state index in [1.165, 1.54) is 89.9 Å². The van der Waals surface area contributed by atoms with Crippen LogP contribution in [0.1, 0.15) is 128 Å². The van der Waals surface area contributed by atoms with Crippen molar-refractivity contribution in [3.8, 4) is 17.0 Å². The van der Waals surface area contributed by atoms with E-state index < -0.39 is 0 Å². The Labute approximate surface area is 232 Å².